The Morgan fingerprint density at radius 2 is 1.85 bits per heavy atom. The van der Waals surface area contributed by atoms with Gasteiger partial charge in [0, 0.05) is 10.2 Å². The van der Waals surface area contributed by atoms with Gasteiger partial charge in [-0.15, -0.1) is 0 Å². The molecule has 6 heteroatoms. The lowest BCUT2D eigenvalue weighted by Gasteiger charge is -2.09. The number of rotatable bonds is 3. The molecule has 0 aromatic heterocycles. The van der Waals surface area contributed by atoms with Crippen LogP contribution in [0.1, 0.15) is 0 Å². The van der Waals surface area contributed by atoms with Gasteiger partial charge in [0.25, 0.3) is 0 Å². The second kappa shape index (κ2) is 6.63. The molecule has 0 radical (unpaired) electrons. The zero-order valence-electron chi connectivity index (χ0n) is 10.6. The number of benzene rings is 2. The molecule has 0 aliphatic heterocycles. The Labute approximate surface area is 130 Å². The standard InChI is InChI=1S/C14H12BrClN2O2/c1-20-11-5-3-10(4-6-11)17-14(19)18-13-8-9(15)2-7-12(13)16/h2-8H,1H3,(H2,17,18,19). The van der Waals surface area contributed by atoms with Crippen LogP contribution in [0, 0.1) is 0 Å². The molecule has 2 aromatic rings. The number of ether oxygens (including phenoxy) is 1. The number of halogens is 2. The van der Waals surface area contributed by atoms with E-state index in [1.807, 2.05) is 0 Å². The largest absolute Gasteiger partial charge is 0.497 e. The summed E-state index contributed by atoms with van der Waals surface area (Å²) in [5, 5.41) is 5.86. The SMILES string of the molecule is COc1ccc(NC(=O)Nc2cc(Br)ccc2Cl)cc1. The van der Waals surface area contributed by atoms with Gasteiger partial charge in [-0.05, 0) is 42.5 Å². The van der Waals surface area contributed by atoms with Crippen molar-refractivity contribution in [1.29, 1.82) is 0 Å². The van der Waals surface area contributed by atoms with Crippen molar-refractivity contribution in [3.8, 4) is 5.75 Å². The highest BCUT2D eigenvalue weighted by Gasteiger charge is 2.06. The normalized spacial score (nSPS) is 9.95. The van der Waals surface area contributed by atoms with E-state index in [4.69, 9.17) is 16.3 Å². The molecule has 2 N–H and O–H groups in total. The van der Waals surface area contributed by atoms with Gasteiger partial charge in [-0.2, -0.15) is 0 Å². The number of anilines is 2. The first-order chi connectivity index (χ1) is 9.58. The van der Waals surface area contributed by atoms with Crippen molar-refractivity contribution in [2.24, 2.45) is 0 Å². The average molecular weight is 356 g/mol. The maximum absolute atomic E-state index is 11.9. The molecule has 0 aliphatic rings. The van der Waals surface area contributed by atoms with Crippen LogP contribution in [0.25, 0.3) is 0 Å². The number of hydrogen-bond donors (Lipinski definition) is 2. The van der Waals surface area contributed by atoms with Crippen LogP contribution in [-0.2, 0) is 0 Å². The summed E-state index contributed by atoms with van der Waals surface area (Å²) in [6.45, 7) is 0. The quantitative estimate of drug-likeness (QED) is 0.834. The molecule has 0 unspecified atom stereocenters. The second-order valence-electron chi connectivity index (χ2n) is 3.93. The molecule has 0 bridgehead atoms. The van der Waals surface area contributed by atoms with Gasteiger partial charge < -0.3 is 15.4 Å². The van der Waals surface area contributed by atoms with Crippen LogP contribution in [0.3, 0.4) is 0 Å². The van der Waals surface area contributed by atoms with Crippen LogP contribution in [0.5, 0.6) is 5.75 Å². The van der Waals surface area contributed by atoms with Gasteiger partial charge >= 0.3 is 6.03 Å². The first-order valence-corrected chi connectivity index (χ1v) is 6.92. The number of methoxy groups -OCH3 is 1. The second-order valence-corrected chi connectivity index (χ2v) is 5.25. The minimum absolute atomic E-state index is 0.366. The Morgan fingerprint density at radius 3 is 2.50 bits per heavy atom. The Hall–Kier alpha value is -1.72. The predicted octanol–water partition coefficient (Wildman–Crippen LogP) is 4.76. The minimum atomic E-state index is -0.366. The molecular formula is C14H12BrClN2O2. The van der Waals surface area contributed by atoms with Gasteiger partial charge in [0.1, 0.15) is 5.75 Å². The third-order valence-corrected chi connectivity index (χ3v) is 3.35. The number of carbonyl (C=O) groups excluding carboxylic acids is 1. The summed E-state index contributed by atoms with van der Waals surface area (Å²) in [5.74, 6) is 0.728. The first kappa shape index (κ1) is 14.7. The molecule has 0 atom stereocenters. The Morgan fingerprint density at radius 1 is 1.15 bits per heavy atom. The van der Waals surface area contributed by atoms with E-state index in [9.17, 15) is 4.79 Å². The maximum Gasteiger partial charge on any atom is 0.323 e. The summed E-state index contributed by atoms with van der Waals surface area (Å²) in [5.41, 5.74) is 1.20. The van der Waals surface area contributed by atoms with E-state index in [2.05, 4.69) is 26.6 Å². The van der Waals surface area contributed by atoms with E-state index in [-0.39, 0.29) is 6.03 Å². The van der Waals surface area contributed by atoms with Crippen LogP contribution >= 0.6 is 27.5 Å². The summed E-state index contributed by atoms with van der Waals surface area (Å²) in [6.07, 6.45) is 0. The number of amides is 2. The smallest absolute Gasteiger partial charge is 0.323 e. The molecule has 0 aliphatic carbocycles. The molecule has 104 valence electrons. The lowest BCUT2D eigenvalue weighted by Crippen LogP contribution is -2.19. The third-order valence-electron chi connectivity index (χ3n) is 2.52. The maximum atomic E-state index is 11.9. The summed E-state index contributed by atoms with van der Waals surface area (Å²) in [4.78, 5) is 11.9. The average Bonchev–Trinajstić information content (AvgIpc) is 2.43. The van der Waals surface area contributed by atoms with Crippen LogP contribution in [0.4, 0.5) is 16.2 Å². The molecule has 0 heterocycles. The molecule has 2 aromatic carbocycles. The van der Waals surface area contributed by atoms with Crippen LogP contribution in [-0.4, -0.2) is 13.1 Å². The molecule has 0 saturated heterocycles. The van der Waals surface area contributed by atoms with E-state index in [0.717, 1.165) is 10.2 Å². The molecule has 0 fully saturated rings. The van der Waals surface area contributed by atoms with Gasteiger partial charge in [-0.1, -0.05) is 27.5 Å². The summed E-state index contributed by atoms with van der Waals surface area (Å²) in [6, 6.07) is 11.9. The van der Waals surface area contributed by atoms with E-state index in [1.165, 1.54) is 0 Å². The fraction of sp³-hybridized carbons (Fsp3) is 0.0714. The molecule has 0 saturated carbocycles. The van der Waals surface area contributed by atoms with Crippen molar-refractivity contribution in [2.75, 3.05) is 17.7 Å². The monoisotopic (exact) mass is 354 g/mol. The summed E-state index contributed by atoms with van der Waals surface area (Å²) >= 11 is 9.33. The predicted molar refractivity (Wildman–Crippen MR) is 84.8 cm³/mol. The molecule has 2 amide bonds. The van der Waals surface area contributed by atoms with Crippen molar-refractivity contribution >= 4 is 44.9 Å². The van der Waals surface area contributed by atoms with E-state index < -0.39 is 0 Å². The van der Waals surface area contributed by atoms with E-state index in [0.29, 0.717) is 16.4 Å². The van der Waals surface area contributed by atoms with Gasteiger partial charge in [0.05, 0.1) is 17.8 Å². The van der Waals surface area contributed by atoms with E-state index >= 15 is 0 Å². The number of nitrogens with one attached hydrogen (secondary N) is 2. The zero-order chi connectivity index (χ0) is 14.5. The highest BCUT2D eigenvalue weighted by Crippen LogP contribution is 2.25. The number of carbonyl (C=O) groups is 1. The molecule has 2 rings (SSSR count). The third kappa shape index (κ3) is 3.88. The summed E-state index contributed by atoms with van der Waals surface area (Å²) in [7, 11) is 1.59. The van der Waals surface area contributed by atoms with Gasteiger partial charge in [0.2, 0.25) is 0 Å². The molecule has 4 nitrogen and oxygen atoms in total. The lowest BCUT2D eigenvalue weighted by molar-refractivity contribution is 0.262. The minimum Gasteiger partial charge on any atom is -0.497 e. The van der Waals surface area contributed by atoms with Gasteiger partial charge in [-0.25, -0.2) is 4.79 Å². The van der Waals surface area contributed by atoms with Crippen molar-refractivity contribution in [3.63, 3.8) is 0 Å². The van der Waals surface area contributed by atoms with Crippen molar-refractivity contribution < 1.29 is 9.53 Å². The van der Waals surface area contributed by atoms with Crippen LogP contribution in [0.15, 0.2) is 46.9 Å². The number of urea groups is 1. The Kier molecular flexibility index (Phi) is 4.87. The van der Waals surface area contributed by atoms with Crippen molar-refractivity contribution in [2.45, 2.75) is 0 Å². The topological polar surface area (TPSA) is 50.4 Å². The molecular weight excluding hydrogens is 344 g/mol. The van der Waals surface area contributed by atoms with Crippen molar-refractivity contribution in [3.05, 3.63) is 52.0 Å². The van der Waals surface area contributed by atoms with Crippen LogP contribution in [0.2, 0.25) is 5.02 Å². The highest BCUT2D eigenvalue weighted by molar-refractivity contribution is 9.10. The highest BCUT2D eigenvalue weighted by atomic mass is 79.9. The fourth-order valence-electron chi connectivity index (χ4n) is 1.55. The first-order valence-electron chi connectivity index (χ1n) is 5.75. The van der Waals surface area contributed by atoms with Crippen molar-refractivity contribution in [1.82, 2.24) is 0 Å². The number of hydrogen-bond acceptors (Lipinski definition) is 2. The Balaban J connectivity index is 2.03. The molecule has 20 heavy (non-hydrogen) atoms. The molecule has 0 spiro atoms. The zero-order valence-corrected chi connectivity index (χ0v) is 13.0. The van der Waals surface area contributed by atoms with Gasteiger partial charge in [0.15, 0.2) is 0 Å². The van der Waals surface area contributed by atoms with Gasteiger partial charge in [-0.3, -0.25) is 0 Å². The fourth-order valence-corrected chi connectivity index (χ4v) is 2.08. The summed E-state index contributed by atoms with van der Waals surface area (Å²) < 4.78 is 5.88. The lowest BCUT2D eigenvalue weighted by atomic mass is 10.3. The van der Waals surface area contributed by atoms with E-state index in [1.54, 1.807) is 49.6 Å². The Bertz CT molecular complexity index is 617. The van der Waals surface area contributed by atoms with Crippen LogP contribution < -0.4 is 15.4 Å².